The molecule has 0 radical (unpaired) electrons. The van der Waals surface area contributed by atoms with Gasteiger partial charge in [0, 0.05) is 17.0 Å². The third kappa shape index (κ3) is 4.15. The fourth-order valence-corrected chi connectivity index (χ4v) is 2.91. The zero-order valence-electron chi connectivity index (χ0n) is 14.5. The number of thiazole rings is 1. The molecule has 0 aliphatic heterocycles. The maximum atomic E-state index is 12.2. The van der Waals surface area contributed by atoms with Crippen molar-refractivity contribution in [3.8, 4) is 10.6 Å². The maximum Gasteiger partial charge on any atom is 0.358 e. The summed E-state index contributed by atoms with van der Waals surface area (Å²) in [5.41, 5.74) is 2.87. The number of aryl methyl sites for hydroxylation is 2. The number of nitrogens with one attached hydrogen (secondary N) is 1. The van der Waals surface area contributed by atoms with Gasteiger partial charge in [0.1, 0.15) is 5.01 Å². The average molecular weight is 371 g/mol. The smallest absolute Gasteiger partial charge is 0.358 e. The van der Waals surface area contributed by atoms with Gasteiger partial charge < -0.3 is 9.26 Å². The Hall–Kier alpha value is -3.00. The van der Waals surface area contributed by atoms with Crippen molar-refractivity contribution < 1.29 is 18.8 Å². The van der Waals surface area contributed by atoms with E-state index in [9.17, 15) is 9.59 Å². The third-order valence-corrected chi connectivity index (χ3v) is 4.43. The van der Waals surface area contributed by atoms with Gasteiger partial charge in [-0.2, -0.15) is 0 Å². The SMILES string of the molecule is Cc1ccc(-c2nc(C(=O)OC(C)C(=O)Nc3cc(C)no3)cs2)cc1. The van der Waals surface area contributed by atoms with E-state index in [1.165, 1.54) is 18.3 Å². The number of benzene rings is 1. The minimum atomic E-state index is -1.00. The largest absolute Gasteiger partial charge is 0.448 e. The van der Waals surface area contributed by atoms with Crippen LogP contribution in [-0.2, 0) is 9.53 Å². The molecule has 1 atom stereocenters. The third-order valence-electron chi connectivity index (χ3n) is 3.54. The van der Waals surface area contributed by atoms with Crippen molar-refractivity contribution in [1.82, 2.24) is 10.1 Å². The van der Waals surface area contributed by atoms with Crippen LogP contribution in [0.5, 0.6) is 0 Å². The molecule has 134 valence electrons. The zero-order chi connectivity index (χ0) is 18.7. The van der Waals surface area contributed by atoms with Crippen LogP contribution in [0.3, 0.4) is 0 Å². The van der Waals surface area contributed by atoms with E-state index < -0.39 is 18.0 Å². The lowest BCUT2D eigenvalue weighted by Crippen LogP contribution is -2.29. The normalized spacial score (nSPS) is 11.8. The van der Waals surface area contributed by atoms with Crippen LogP contribution in [0, 0.1) is 13.8 Å². The maximum absolute atomic E-state index is 12.2. The summed E-state index contributed by atoms with van der Waals surface area (Å²) in [5.74, 6) is -0.967. The minimum absolute atomic E-state index is 0.167. The Morgan fingerprint density at radius 1 is 1.23 bits per heavy atom. The highest BCUT2D eigenvalue weighted by molar-refractivity contribution is 7.13. The van der Waals surface area contributed by atoms with E-state index in [0.29, 0.717) is 10.7 Å². The second-order valence-corrected chi connectivity index (χ2v) is 6.63. The molecule has 2 aromatic heterocycles. The summed E-state index contributed by atoms with van der Waals surface area (Å²) in [4.78, 5) is 28.6. The van der Waals surface area contributed by atoms with E-state index in [4.69, 9.17) is 9.26 Å². The van der Waals surface area contributed by atoms with E-state index in [1.54, 1.807) is 18.4 Å². The lowest BCUT2D eigenvalue weighted by atomic mass is 10.2. The molecular formula is C18H17N3O4S. The highest BCUT2D eigenvalue weighted by atomic mass is 32.1. The molecule has 1 N–H and O–H groups in total. The highest BCUT2D eigenvalue weighted by Gasteiger charge is 2.22. The number of hydrogen-bond acceptors (Lipinski definition) is 7. The van der Waals surface area contributed by atoms with Gasteiger partial charge in [-0.1, -0.05) is 35.0 Å². The van der Waals surface area contributed by atoms with Crippen molar-refractivity contribution in [2.75, 3.05) is 5.32 Å². The van der Waals surface area contributed by atoms with Gasteiger partial charge in [0.05, 0.1) is 5.69 Å². The molecule has 3 aromatic rings. The van der Waals surface area contributed by atoms with Crippen LogP contribution in [-0.4, -0.2) is 28.1 Å². The number of amides is 1. The van der Waals surface area contributed by atoms with Crippen LogP contribution in [0.4, 0.5) is 5.88 Å². The fourth-order valence-electron chi connectivity index (χ4n) is 2.12. The number of esters is 1. The first-order valence-corrected chi connectivity index (χ1v) is 8.78. The summed E-state index contributed by atoms with van der Waals surface area (Å²) in [5, 5.41) is 8.49. The first-order valence-electron chi connectivity index (χ1n) is 7.90. The van der Waals surface area contributed by atoms with Crippen LogP contribution < -0.4 is 5.32 Å². The Kier molecular flexibility index (Phi) is 5.13. The van der Waals surface area contributed by atoms with Crippen molar-refractivity contribution in [3.05, 3.63) is 52.7 Å². The number of aromatic nitrogens is 2. The molecule has 0 saturated carbocycles. The minimum Gasteiger partial charge on any atom is -0.448 e. The topological polar surface area (TPSA) is 94.3 Å². The first-order chi connectivity index (χ1) is 12.4. The number of nitrogens with zero attached hydrogens (tertiary/aromatic N) is 2. The Labute approximate surface area is 154 Å². The lowest BCUT2D eigenvalue weighted by molar-refractivity contribution is -0.123. The molecule has 7 nitrogen and oxygen atoms in total. The molecule has 0 spiro atoms. The first kappa shape index (κ1) is 17.8. The average Bonchev–Trinajstić information content (AvgIpc) is 3.25. The standard InChI is InChI=1S/C18H17N3O4S/c1-10-4-6-13(7-5-10)17-19-14(9-26-17)18(23)24-12(3)16(22)20-15-8-11(2)21-25-15/h4-9,12H,1-3H3,(H,20,22). The van der Waals surface area contributed by atoms with Crippen molar-refractivity contribution in [3.63, 3.8) is 0 Å². The molecule has 0 aliphatic rings. The van der Waals surface area contributed by atoms with E-state index in [0.717, 1.165) is 11.1 Å². The Balaban J connectivity index is 1.62. The van der Waals surface area contributed by atoms with Crippen LogP contribution in [0.25, 0.3) is 10.6 Å². The zero-order valence-corrected chi connectivity index (χ0v) is 15.3. The Morgan fingerprint density at radius 2 is 1.96 bits per heavy atom. The van der Waals surface area contributed by atoms with Crippen molar-refractivity contribution >= 4 is 29.1 Å². The molecular weight excluding hydrogens is 354 g/mol. The van der Waals surface area contributed by atoms with Gasteiger partial charge >= 0.3 is 5.97 Å². The van der Waals surface area contributed by atoms with E-state index in [2.05, 4.69) is 15.5 Å². The van der Waals surface area contributed by atoms with Crippen LogP contribution in [0.15, 0.2) is 40.2 Å². The highest BCUT2D eigenvalue weighted by Crippen LogP contribution is 2.24. The molecule has 1 amide bonds. The van der Waals surface area contributed by atoms with E-state index in [-0.39, 0.29) is 11.6 Å². The van der Waals surface area contributed by atoms with Crippen molar-refractivity contribution in [2.45, 2.75) is 26.9 Å². The number of carbonyl (C=O) groups is 2. The van der Waals surface area contributed by atoms with Gasteiger partial charge in [0.25, 0.3) is 5.91 Å². The molecule has 0 bridgehead atoms. The quantitative estimate of drug-likeness (QED) is 0.689. The second-order valence-electron chi connectivity index (χ2n) is 5.77. The molecule has 0 aliphatic carbocycles. The summed E-state index contributed by atoms with van der Waals surface area (Å²) < 4.78 is 10.1. The second kappa shape index (κ2) is 7.49. The van der Waals surface area contributed by atoms with E-state index >= 15 is 0 Å². The van der Waals surface area contributed by atoms with Crippen LogP contribution in [0.1, 0.15) is 28.7 Å². The fraction of sp³-hybridized carbons (Fsp3) is 0.222. The lowest BCUT2D eigenvalue weighted by Gasteiger charge is -2.10. The molecule has 0 fully saturated rings. The van der Waals surface area contributed by atoms with Gasteiger partial charge in [-0.15, -0.1) is 11.3 Å². The monoisotopic (exact) mass is 371 g/mol. The number of carbonyl (C=O) groups excluding carboxylic acids is 2. The number of hydrogen-bond donors (Lipinski definition) is 1. The van der Waals surface area contributed by atoms with Gasteiger partial charge in [-0.3, -0.25) is 10.1 Å². The summed E-state index contributed by atoms with van der Waals surface area (Å²) >= 11 is 1.34. The predicted octanol–water partition coefficient (Wildman–Crippen LogP) is 3.60. The number of ether oxygens (including phenoxy) is 1. The molecule has 0 saturated heterocycles. The summed E-state index contributed by atoms with van der Waals surface area (Å²) in [6.45, 7) is 5.21. The predicted molar refractivity (Wildman–Crippen MR) is 97.0 cm³/mol. The van der Waals surface area contributed by atoms with Crippen molar-refractivity contribution in [1.29, 1.82) is 0 Å². The molecule has 1 unspecified atom stereocenters. The molecule has 3 rings (SSSR count). The number of anilines is 1. The molecule has 8 heteroatoms. The van der Waals surface area contributed by atoms with Crippen molar-refractivity contribution in [2.24, 2.45) is 0 Å². The van der Waals surface area contributed by atoms with Gasteiger partial charge in [0.15, 0.2) is 11.8 Å². The molecule has 2 heterocycles. The van der Waals surface area contributed by atoms with Gasteiger partial charge in [0.2, 0.25) is 5.88 Å². The Bertz CT molecular complexity index is 930. The number of rotatable bonds is 5. The summed E-state index contributed by atoms with van der Waals surface area (Å²) in [6, 6.07) is 9.41. The van der Waals surface area contributed by atoms with Gasteiger partial charge in [-0.25, -0.2) is 9.78 Å². The molecule has 26 heavy (non-hydrogen) atoms. The summed E-state index contributed by atoms with van der Waals surface area (Å²) in [6.07, 6.45) is -1.00. The van der Waals surface area contributed by atoms with E-state index in [1.807, 2.05) is 31.2 Å². The molecule has 1 aromatic carbocycles. The summed E-state index contributed by atoms with van der Waals surface area (Å²) in [7, 11) is 0. The van der Waals surface area contributed by atoms with Crippen LogP contribution >= 0.6 is 11.3 Å². The van der Waals surface area contributed by atoms with Gasteiger partial charge in [-0.05, 0) is 20.8 Å². The Morgan fingerprint density at radius 3 is 2.62 bits per heavy atom. The van der Waals surface area contributed by atoms with Crippen LogP contribution in [0.2, 0.25) is 0 Å².